The van der Waals surface area contributed by atoms with Crippen molar-refractivity contribution in [1.29, 1.82) is 0 Å². The second kappa shape index (κ2) is 8.56. The lowest BCUT2D eigenvalue weighted by Crippen LogP contribution is -2.29. The van der Waals surface area contributed by atoms with Gasteiger partial charge in [0.1, 0.15) is 6.54 Å². The van der Waals surface area contributed by atoms with E-state index in [1.165, 1.54) is 18.0 Å². The summed E-state index contributed by atoms with van der Waals surface area (Å²) in [4.78, 5) is 23.9. The van der Waals surface area contributed by atoms with Crippen molar-refractivity contribution in [2.24, 2.45) is 0 Å². The molecule has 8 heteroatoms. The molecular formula is C16H19N5O3. The number of nitrogens with zero attached hydrogens (tertiary/aromatic N) is 4. The second-order valence-corrected chi connectivity index (χ2v) is 5.07. The number of rotatable bonds is 7. The zero-order valence-corrected chi connectivity index (χ0v) is 13.6. The maximum atomic E-state index is 11.8. The van der Waals surface area contributed by atoms with Crippen molar-refractivity contribution >= 4 is 11.9 Å². The summed E-state index contributed by atoms with van der Waals surface area (Å²) < 4.78 is 4.46. The lowest BCUT2D eigenvalue weighted by Gasteiger charge is -2.01. The van der Waals surface area contributed by atoms with Crippen molar-refractivity contribution < 1.29 is 14.3 Å². The Morgan fingerprint density at radius 3 is 2.75 bits per heavy atom. The number of nitrogens with one attached hydrogen (secondary N) is 1. The van der Waals surface area contributed by atoms with Gasteiger partial charge in [-0.25, -0.2) is 4.79 Å². The molecule has 0 unspecified atom stereocenters. The molecule has 1 heterocycles. The first kappa shape index (κ1) is 17.3. The van der Waals surface area contributed by atoms with Crippen LogP contribution in [0.4, 0.5) is 0 Å². The lowest BCUT2D eigenvalue weighted by molar-refractivity contribution is -0.134. The van der Waals surface area contributed by atoms with Crippen molar-refractivity contribution in [2.75, 3.05) is 13.7 Å². The predicted molar refractivity (Wildman–Crippen MR) is 86.8 cm³/mol. The highest BCUT2D eigenvalue weighted by Crippen LogP contribution is 2.13. The topological polar surface area (TPSA) is 99.0 Å². The van der Waals surface area contributed by atoms with Gasteiger partial charge >= 0.3 is 5.97 Å². The van der Waals surface area contributed by atoms with Gasteiger partial charge in [-0.1, -0.05) is 35.9 Å². The highest BCUT2D eigenvalue weighted by atomic mass is 16.5. The number of aromatic nitrogens is 4. The Labute approximate surface area is 139 Å². The van der Waals surface area contributed by atoms with Crippen LogP contribution in [0.5, 0.6) is 0 Å². The van der Waals surface area contributed by atoms with E-state index < -0.39 is 5.97 Å². The van der Waals surface area contributed by atoms with Crippen LogP contribution in [0.25, 0.3) is 11.4 Å². The fraction of sp³-hybridized carbons (Fsp3) is 0.312. The summed E-state index contributed by atoms with van der Waals surface area (Å²) in [6, 6.07) is 7.74. The third kappa shape index (κ3) is 5.31. The van der Waals surface area contributed by atoms with Gasteiger partial charge in [-0.05, 0) is 18.6 Å². The molecule has 1 N–H and O–H groups in total. The molecule has 2 aromatic rings. The normalized spacial score (nSPS) is 10.8. The van der Waals surface area contributed by atoms with Crippen molar-refractivity contribution in [3.8, 4) is 11.4 Å². The molecule has 0 radical (unpaired) electrons. The van der Waals surface area contributed by atoms with Crippen molar-refractivity contribution in [3.63, 3.8) is 0 Å². The Hall–Kier alpha value is -3.03. The Balaban J connectivity index is 1.79. The van der Waals surface area contributed by atoms with Crippen LogP contribution in [0, 0.1) is 6.92 Å². The van der Waals surface area contributed by atoms with E-state index in [1.54, 1.807) is 6.08 Å². The van der Waals surface area contributed by atoms with Gasteiger partial charge < -0.3 is 10.1 Å². The monoisotopic (exact) mass is 329 g/mol. The van der Waals surface area contributed by atoms with E-state index in [2.05, 4.69) is 25.5 Å². The van der Waals surface area contributed by atoms with Gasteiger partial charge in [0.2, 0.25) is 11.7 Å². The van der Waals surface area contributed by atoms with Crippen molar-refractivity contribution in [2.45, 2.75) is 19.9 Å². The van der Waals surface area contributed by atoms with Crippen LogP contribution in [0.3, 0.4) is 0 Å². The number of hydrogen-bond acceptors (Lipinski definition) is 6. The number of hydrogen-bond donors (Lipinski definition) is 1. The smallest absolute Gasteiger partial charge is 0.330 e. The molecule has 0 atom stereocenters. The molecule has 1 aromatic heterocycles. The van der Waals surface area contributed by atoms with E-state index in [1.807, 2.05) is 31.2 Å². The molecule has 0 fully saturated rings. The summed E-state index contributed by atoms with van der Waals surface area (Å²) in [6.07, 6.45) is 3.48. The van der Waals surface area contributed by atoms with Gasteiger partial charge in [0.25, 0.3) is 0 Å². The third-order valence-corrected chi connectivity index (χ3v) is 3.14. The molecule has 0 saturated heterocycles. The summed E-state index contributed by atoms with van der Waals surface area (Å²) in [5.41, 5.74) is 1.99. The summed E-state index contributed by atoms with van der Waals surface area (Å²) in [6.45, 7) is 2.39. The first-order valence-electron chi connectivity index (χ1n) is 7.44. The fourth-order valence-corrected chi connectivity index (χ4v) is 1.86. The molecule has 126 valence electrons. The van der Waals surface area contributed by atoms with Gasteiger partial charge in [-0.15, -0.1) is 10.2 Å². The Morgan fingerprint density at radius 1 is 1.29 bits per heavy atom. The molecule has 0 aliphatic rings. The molecule has 2 rings (SSSR count). The second-order valence-electron chi connectivity index (χ2n) is 5.07. The number of carbonyl (C=O) groups excluding carboxylic acids is 2. The van der Waals surface area contributed by atoms with Gasteiger partial charge in [0, 0.05) is 18.2 Å². The number of tetrazole rings is 1. The Kier molecular flexibility index (Phi) is 6.18. The van der Waals surface area contributed by atoms with Crippen LogP contribution in [0.2, 0.25) is 0 Å². The lowest BCUT2D eigenvalue weighted by atomic mass is 10.1. The Morgan fingerprint density at radius 2 is 2.04 bits per heavy atom. The predicted octanol–water partition coefficient (Wildman–Crippen LogP) is 0.884. The fourth-order valence-electron chi connectivity index (χ4n) is 1.86. The minimum Gasteiger partial charge on any atom is -0.466 e. The van der Waals surface area contributed by atoms with E-state index >= 15 is 0 Å². The van der Waals surface area contributed by atoms with Crippen LogP contribution in [-0.2, 0) is 20.9 Å². The molecule has 0 spiro atoms. The maximum absolute atomic E-state index is 11.8. The number of benzene rings is 1. The standard InChI is InChI=1S/C16H19N5O3/c1-12-6-8-13(9-7-12)16-18-20-21(19-16)11-14(22)17-10-4-3-5-15(23)24-2/h3,5-9H,4,10-11H2,1-2H3,(H,17,22)/b5-3+. The number of methoxy groups -OCH3 is 1. The zero-order valence-electron chi connectivity index (χ0n) is 13.6. The van der Waals surface area contributed by atoms with Gasteiger partial charge in [0.05, 0.1) is 7.11 Å². The third-order valence-electron chi connectivity index (χ3n) is 3.14. The van der Waals surface area contributed by atoms with E-state index in [0.717, 1.165) is 11.1 Å². The average molecular weight is 329 g/mol. The first-order valence-corrected chi connectivity index (χ1v) is 7.44. The van der Waals surface area contributed by atoms with Crippen LogP contribution in [0.15, 0.2) is 36.4 Å². The largest absolute Gasteiger partial charge is 0.466 e. The summed E-state index contributed by atoms with van der Waals surface area (Å²) in [7, 11) is 1.31. The SMILES string of the molecule is COC(=O)/C=C/CCNC(=O)Cn1nnc(-c2ccc(C)cc2)n1. The van der Waals surface area contributed by atoms with Crippen LogP contribution >= 0.6 is 0 Å². The molecule has 0 aliphatic heterocycles. The molecule has 0 aliphatic carbocycles. The summed E-state index contributed by atoms with van der Waals surface area (Å²) in [5, 5.41) is 14.7. The number of amides is 1. The van der Waals surface area contributed by atoms with Gasteiger partial charge in [-0.3, -0.25) is 4.79 Å². The highest BCUT2D eigenvalue weighted by Gasteiger charge is 2.08. The number of ether oxygens (including phenoxy) is 1. The van der Waals surface area contributed by atoms with Crippen LogP contribution in [-0.4, -0.2) is 45.7 Å². The minimum atomic E-state index is -0.420. The molecule has 1 aromatic carbocycles. The Bertz CT molecular complexity index is 722. The molecule has 8 nitrogen and oxygen atoms in total. The van der Waals surface area contributed by atoms with E-state index in [0.29, 0.717) is 18.8 Å². The van der Waals surface area contributed by atoms with E-state index in [-0.39, 0.29) is 12.5 Å². The van der Waals surface area contributed by atoms with Crippen molar-refractivity contribution in [1.82, 2.24) is 25.5 Å². The number of aryl methyl sites for hydroxylation is 1. The van der Waals surface area contributed by atoms with Gasteiger partial charge in [-0.2, -0.15) is 4.80 Å². The van der Waals surface area contributed by atoms with Gasteiger partial charge in [0.15, 0.2) is 0 Å². The van der Waals surface area contributed by atoms with E-state index in [9.17, 15) is 9.59 Å². The molecule has 0 bridgehead atoms. The van der Waals surface area contributed by atoms with Crippen molar-refractivity contribution in [3.05, 3.63) is 42.0 Å². The summed E-state index contributed by atoms with van der Waals surface area (Å²) >= 11 is 0. The van der Waals surface area contributed by atoms with E-state index in [4.69, 9.17) is 0 Å². The first-order chi connectivity index (χ1) is 11.6. The zero-order chi connectivity index (χ0) is 17.4. The maximum Gasteiger partial charge on any atom is 0.330 e. The highest BCUT2D eigenvalue weighted by molar-refractivity contribution is 5.81. The van der Waals surface area contributed by atoms with Crippen LogP contribution in [0.1, 0.15) is 12.0 Å². The molecular weight excluding hydrogens is 310 g/mol. The van der Waals surface area contributed by atoms with Crippen LogP contribution < -0.4 is 5.32 Å². The minimum absolute atomic E-state index is 0.0143. The quantitative estimate of drug-likeness (QED) is 0.460. The molecule has 0 saturated carbocycles. The number of esters is 1. The molecule has 24 heavy (non-hydrogen) atoms. The average Bonchev–Trinajstić information content (AvgIpc) is 3.03. The summed E-state index contributed by atoms with van der Waals surface area (Å²) in [5.74, 6) is -0.171. The molecule has 1 amide bonds. The number of carbonyl (C=O) groups is 2.